The molecule has 24 heavy (non-hydrogen) atoms. The van der Waals surface area contributed by atoms with Crippen LogP contribution in [0.1, 0.15) is 37.7 Å². The molecule has 2 aliphatic rings. The third-order valence-corrected chi connectivity index (χ3v) is 5.78. The number of methoxy groups -OCH3 is 1. The number of ketones is 1. The lowest BCUT2D eigenvalue weighted by molar-refractivity contribution is -0.135. The summed E-state index contributed by atoms with van der Waals surface area (Å²) in [7, 11) is 1.56. The topological polar surface area (TPSA) is 46.6 Å². The maximum absolute atomic E-state index is 12.8. The molecule has 0 radical (unpaired) electrons. The summed E-state index contributed by atoms with van der Waals surface area (Å²) in [6.45, 7) is 0.758. The largest absolute Gasteiger partial charge is 0.497 e. The van der Waals surface area contributed by atoms with Crippen LogP contribution >= 0.6 is 23.2 Å². The van der Waals surface area contributed by atoms with Gasteiger partial charge in [0.1, 0.15) is 11.5 Å². The number of halogens is 2. The Kier molecular flexibility index (Phi) is 5.36. The van der Waals surface area contributed by atoms with E-state index in [0.717, 1.165) is 31.4 Å². The summed E-state index contributed by atoms with van der Waals surface area (Å²) in [5.41, 5.74) is 0.804. The van der Waals surface area contributed by atoms with Crippen molar-refractivity contribution in [2.75, 3.05) is 13.7 Å². The predicted molar refractivity (Wildman–Crippen MR) is 93.8 cm³/mol. The van der Waals surface area contributed by atoms with Gasteiger partial charge in [0.25, 0.3) is 0 Å². The van der Waals surface area contributed by atoms with Crippen LogP contribution in [0.4, 0.5) is 0 Å². The quantitative estimate of drug-likeness (QED) is 0.808. The Morgan fingerprint density at radius 2 is 1.75 bits per heavy atom. The summed E-state index contributed by atoms with van der Waals surface area (Å²) in [6, 6.07) is 3.67. The molecule has 1 aromatic rings. The van der Waals surface area contributed by atoms with Crippen molar-refractivity contribution in [3.05, 3.63) is 27.7 Å². The summed E-state index contributed by atoms with van der Waals surface area (Å²) in [6.07, 6.45) is 4.12. The van der Waals surface area contributed by atoms with E-state index in [1.54, 1.807) is 19.2 Å². The molecule has 0 aromatic heterocycles. The average Bonchev–Trinajstić information content (AvgIpc) is 2.92. The number of benzene rings is 1. The van der Waals surface area contributed by atoms with Gasteiger partial charge in [-0.25, -0.2) is 0 Å². The Labute approximate surface area is 152 Å². The Morgan fingerprint density at radius 3 is 2.33 bits per heavy atom. The molecule has 1 amide bonds. The lowest BCUT2D eigenvalue weighted by atomic mass is 9.93. The van der Waals surface area contributed by atoms with Gasteiger partial charge in [-0.2, -0.15) is 0 Å². The number of likely N-dealkylation sites (tertiary alicyclic amines) is 1. The van der Waals surface area contributed by atoms with Crippen molar-refractivity contribution < 1.29 is 14.3 Å². The molecule has 6 heteroatoms. The van der Waals surface area contributed by atoms with E-state index >= 15 is 0 Å². The molecule has 1 aliphatic carbocycles. The van der Waals surface area contributed by atoms with E-state index < -0.39 is 0 Å². The van der Waals surface area contributed by atoms with Crippen LogP contribution in [0.15, 0.2) is 12.1 Å². The number of carbonyl (C=O) groups excluding carboxylic acids is 2. The van der Waals surface area contributed by atoms with Crippen molar-refractivity contribution in [2.45, 2.75) is 44.6 Å². The third-order valence-electron chi connectivity index (χ3n) is 5.11. The zero-order chi connectivity index (χ0) is 17.3. The van der Waals surface area contributed by atoms with E-state index in [9.17, 15) is 9.59 Å². The fourth-order valence-corrected chi connectivity index (χ4v) is 4.31. The Hall–Kier alpha value is -1.26. The molecule has 1 atom stereocenters. The van der Waals surface area contributed by atoms with Crippen LogP contribution in [0.3, 0.4) is 0 Å². The molecule has 4 nitrogen and oxygen atoms in total. The average molecular weight is 370 g/mol. The van der Waals surface area contributed by atoms with Gasteiger partial charge < -0.3 is 9.64 Å². The molecule has 3 rings (SSSR count). The molecule has 0 bridgehead atoms. The first-order valence-electron chi connectivity index (χ1n) is 8.33. The first-order valence-corrected chi connectivity index (χ1v) is 9.09. The molecule has 1 saturated heterocycles. The maximum Gasteiger partial charge on any atom is 0.226 e. The molecule has 2 fully saturated rings. The van der Waals surface area contributed by atoms with Crippen LogP contribution < -0.4 is 4.74 Å². The standard InChI is InChI=1S/C18H21Cl2NO3/c1-24-14-9-16(19)15(17(20)10-14)8-11-6-7-21(18(11)23)12-2-4-13(22)5-3-12/h9-12H,2-8H2,1H3. The Bertz CT molecular complexity index is 629. The van der Waals surface area contributed by atoms with Gasteiger partial charge in [-0.3, -0.25) is 9.59 Å². The SMILES string of the molecule is COc1cc(Cl)c(CC2CCN(C3CCC(=O)CC3)C2=O)c(Cl)c1. The van der Waals surface area contributed by atoms with Crippen LogP contribution in [0.25, 0.3) is 0 Å². The normalized spacial score (nSPS) is 22.3. The van der Waals surface area contributed by atoms with E-state index in [1.807, 2.05) is 4.90 Å². The van der Waals surface area contributed by atoms with Gasteiger partial charge in [0.2, 0.25) is 5.91 Å². The van der Waals surface area contributed by atoms with Crippen LogP contribution in [0.5, 0.6) is 5.75 Å². The van der Waals surface area contributed by atoms with Crippen LogP contribution in [-0.4, -0.2) is 36.3 Å². The molecule has 1 unspecified atom stereocenters. The molecular weight excluding hydrogens is 349 g/mol. The van der Waals surface area contributed by atoms with Gasteiger partial charge in [0.15, 0.2) is 0 Å². The van der Waals surface area contributed by atoms with Crippen molar-refractivity contribution in [3.63, 3.8) is 0 Å². The molecule has 0 N–H and O–H groups in total. The molecule has 1 aromatic carbocycles. The van der Waals surface area contributed by atoms with Gasteiger partial charge in [-0.05, 0) is 43.4 Å². The van der Waals surface area contributed by atoms with Crippen molar-refractivity contribution in [1.82, 2.24) is 4.90 Å². The number of Topliss-reactive ketones (excluding diaryl/α,β-unsaturated/α-hetero) is 1. The highest BCUT2D eigenvalue weighted by Crippen LogP contribution is 2.35. The van der Waals surface area contributed by atoms with Gasteiger partial charge in [-0.15, -0.1) is 0 Å². The maximum atomic E-state index is 12.8. The number of hydrogen-bond donors (Lipinski definition) is 0. The van der Waals surface area contributed by atoms with Crippen LogP contribution in [0, 0.1) is 5.92 Å². The predicted octanol–water partition coefficient (Wildman–Crippen LogP) is 3.90. The zero-order valence-electron chi connectivity index (χ0n) is 13.7. The summed E-state index contributed by atoms with van der Waals surface area (Å²) in [4.78, 5) is 26.1. The monoisotopic (exact) mass is 369 g/mol. The summed E-state index contributed by atoms with van der Waals surface area (Å²) in [5.74, 6) is 0.995. The minimum absolute atomic E-state index is 0.0916. The second-order valence-electron chi connectivity index (χ2n) is 6.56. The number of carbonyl (C=O) groups is 2. The molecule has 0 spiro atoms. The van der Waals surface area contributed by atoms with E-state index in [-0.39, 0.29) is 17.9 Å². The number of hydrogen-bond acceptors (Lipinski definition) is 3. The van der Waals surface area contributed by atoms with Crippen LogP contribution in [-0.2, 0) is 16.0 Å². The second-order valence-corrected chi connectivity index (χ2v) is 7.38. The molecule has 130 valence electrons. The highest BCUT2D eigenvalue weighted by molar-refractivity contribution is 6.36. The number of ether oxygens (including phenoxy) is 1. The first-order chi connectivity index (χ1) is 11.5. The van der Waals surface area contributed by atoms with Crippen molar-refractivity contribution >= 4 is 34.9 Å². The molecule has 1 aliphatic heterocycles. The highest BCUT2D eigenvalue weighted by Gasteiger charge is 2.37. The van der Waals surface area contributed by atoms with E-state index in [0.29, 0.717) is 40.8 Å². The summed E-state index contributed by atoms with van der Waals surface area (Å²) >= 11 is 12.6. The van der Waals surface area contributed by atoms with Crippen molar-refractivity contribution in [3.8, 4) is 5.75 Å². The molecule has 1 heterocycles. The highest BCUT2D eigenvalue weighted by atomic mass is 35.5. The minimum atomic E-state index is -0.0916. The Morgan fingerprint density at radius 1 is 1.12 bits per heavy atom. The first kappa shape index (κ1) is 17.6. The van der Waals surface area contributed by atoms with Gasteiger partial charge in [0, 0.05) is 41.4 Å². The zero-order valence-corrected chi connectivity index (χ0v) is 15.2. The summed E-state index contributed by atoms with van der Waals surface area (Å²) in [5, 5.41) is 1.07. The minimum Gasteiger partial charge on any atom is -0.497 e. The molecule has 1 saturated carbocycles. The van der Waals surface area contributed by atoms with Crippen molar-refractivity contribution in [1.29, 1.82) is 0 Å². The van der Waals surface area contributed by atoms with Crippen molar-refractivity contribution in [2.24, 2.45) is 5.92 Å². The number of amides is 1. The number of rotatable bonds is 4. The fraction of sp³-hybridized carbons (Fsp3) is 0.556. The van der Waals surface area contributed by atoms with E-state index in [1.165, 1.54) is 0 Å². The second kappa shape index (κ2) is 7.32. The lowest BCUT2D eigenvalue weighted by Crippen LogP contribution is -2.40. The lowest BCUT2D eigenvalue weighted by Gasteiger charge is -2.30. The van der Waals surface area contributed by atoms with E-state index in [2.05, 4.69) is 0 Å². The van der Waals surface area contributed by atoms with E-state index in [4.69, 9.17) is 27.9 Å². The third kappa shape index (κ3) is 3.55. The van der Waals surface area contributed by atoms with Gasteiger partial charge in [-0.1, -0.05) is 23.2 Å². The van der Waals surface area contributed by atoms with Gasteiger partial charge >= 0.3 is 0 Å². The van der Waals surface area contributed by atoms with Gasteiger partial charge in [0.05, 0.1) is 7.11 Å². The fourth-order valence-electron chi connectivity index (χ4n) is 3.69. The smallest absolute Gasteiger partial charge is 0.226 e. The number of nitrogens with zero attached hydrogens (tertiary/aromatic N) is 1. The summed E-state index contributed by atoms with van der Waals surface area (Å²) < 4.78 is 5.16. The van der Waals surface area contributed by atoms with Crippen LogP contribution in [0.2, 0.25) is 10.0 Å². The molecular formula is C18H21Cl2NO3. The Balaban J connectivity index is 1.69.